The summed E-state index contributed by atoms with van der Waals surface area (Å²) in [5.41, 5.74) is 0. The Morgan fingerprint density at radius 1 is 0.466 bits per heavy atom. The third-order valence-electron chi connectivity index (χ3n) is 14.0. The second-order valence-electron chi connectivity index (χ2n) is 22.6. The fraction of sp³-hybridized carbons (Fsp3) is 0.873. The third-order valence-corrected chi connectivity index (χ3v) is 15.0. The van der Waals surface area contributed by atoms with Crippen molar-refractivity contribution < 1.29 is 37.3 Å². The molecule has 0 spiro atoms. The Bertz CT molecular complexity index is 1350. The van der Waals surface area contributed by atoms with Crippen LogP contribution in [0.4, 0.5) is 0 Å². The second-order valence-corrected chi connectivity index (χ2v) is 24.0. The topological polar surface area (TPSA) is 114 Å². The molecule has 9 nitrogen and oxygen atoms in total. The molecule has 0 aliphatic carbocycles. The molecule has 0 aromatic heterocycles. The first kappa shape index (κ1) is 71.2. The Balaban J connectivity index is 5.12. The first-order valence-electron chi connectivity index (χ1n) is 31.3. The van der Waals surface area contributed by atoms with Gasteiger partial charge in [0.25, 0.3) is 7.82 Å². The van der Waals surface area contributed by atoms with Gasteiger partial charge in [-0.1, -0.05) is 250 Å². The number of ether oxygens (including phenoxy) is 1. The highest BCUT2D eigenvalue weighted by Gasteiger charge is 2.27. The van der Waals surface area contributed by atoms with Crippen LogP contribution in [-0.4, -0.2) is 69.4 Å². The van der Waals surface area contributed by atoms with Crippen molar-refractivity contribution in [3.05, 3.63) is 36.5 Å². The molecular formula is C63H121N2O7P. The lowest BCUT2D eigenvalue weighted by atomic mass is 10.0. The number of nitrogens with one attached hydrogen (secondary N) is 1. The molecule has 0 saturated carbocycles. The van der Waals surface area contributed by atoms with Gasteiger partial charge in [-0.3, -0.25) is 14.2 Å². The van der Waals surface area contributed by atoms with E-state index in [0.29, 0.717) is 17.4 Å². The van der Waals surface area contributed by atoms with Crippen LogP contribution >= 0.6 is 7.82 Å². The molecule has 73 heavy (non-hydrogen) atoms. The van der Waals surface area contributed by atoms with Crippen molar-refractivity contribution in [2.45, 2.75) is 315 Å². The first-order valence-corrected chi connectivity index (χ1v) is 32.8. The molecule has 1 amide bonds. The number of hydrogen-bond donors (Lipinski definition) is 1. The van der Waals surface area contributed by atoms with Crippen LogP contribution < -0.4 is 10.2 Å². The minimum absolute atomic E-state index is 0.0221. The number of likely N-dealkylation sites (N-methyl/N-ethyl adjacent to an activating group) is 1. The molecular weight excluding hydrogens is 928 g/mol. The van der Waals surface area contributed by atoms with Crippen molar-refractivity contribution in [2.24, 2.45) is 0 Å². The summed E-state index contributed by atoms with van der Waals surface area (Å²) in [4.78, 5) is 39.9. The number of rotatable bonds is 57. The Hall–Kier alpha value is -1.77. The largest absolute Gasteiger partial charge is 0.756 e. The van der Waals surface area contributed by atoms with Gasteiger partial charge in [0, 0.05) is 12.8 Å². The van der Waals surface area contributed by atoms with E-state index in [9.17, 15) is 19.0 Å². The fourth-order valence-electron chi connectivity index (χ4n) is 9.15. The maximum Gasteiger partial charge on any atom is 0.306 e. The highest BCUT2D eigenvalue weighted by Crippen LogP contribution is 2.38. The van der Waals surface area contributed by atoms with Gasteiger partial charge in [0.2, 0.25) is 5.91 Å². The highest BCUT2D eigenvalue weighted by atomic mass is 31.2. The lowest BCUT2D eigenvalue weighted by molar-refractivity contribution is -0.870. The predicted molar refractivity (Wildman–Crippen MR) is 312 cm³/mol. The van der Waals surface area contributed by atoms with Gasteiger partial charge in [0.15, 0.2) is 0 Å². The molecule has 1 N–H and O–H groups in total. The lowest BCUT2D eigenvalue weighted by Crippen LogP contribution is -2.47. The highest BCUT2D eigenvalue weighted by molar-refractivity contribution is 7.45. The molecule has 0 aliphatic rings. The summed E-state index contributed by atoms with van der Waals surface area (Å²) in [5, 5.41) is 3.02. The second kappa shape index (κ2) is 53.6. The Morgan fingerprint density at radius 3 is 1.21 bits per heavy atom. The van der Waals surface area contributed by atoms with Gasteiger partial charge in [-0.2, -0.15) is 0 Å². The van der Waals surface area contributed by atoms with Gasteiger partial charge in [-0.05, 0) is 76.7 Å². The monoisotopic (exact) mass is 1050 g/mol. The minimum atomic E-state index is -4.69. The van der Waals surface area contributed by atoms with E-state index >= 15 is 0 Å². The average Bonchev–Trinajstić information content (AvgIpc) is 3.35. The van der Waals surface area contributed by atoms with E-state index in [-0.39, 0.29) is 31.5 Å². The number of nitrogens with zero attached hydrogens (tertiary/aromatic N) is 1. The number of esters is 1. The molecule has 0 bridgehead atoms. The van der Waals surface area contributed by atoms with Crippen molar-refractivity contribution in [1.82, 2.24) is 5.32 Å². The summed E-state index contributed by atoms with van der Waals surface area (Å²) >= 11 is 0. The number of hydrogen-bond acceptors (Lipinski definition) is 7. The number of amides is 1. The number of quaternary nitrogens is 1. The summed E-state index contributed by atoms with van der Waals surface area (Å²) in [7, 11) is 1.19. The summed E-state index contributed by atoms with van der Waals surface area (Å²) in [5.74, 6) is -0.542. The molecule has 10 heteroatoms. The van der Waals surface area contributed by atoms with Crippen molar-refractivity contribution in [3.8, 4) is 0 Å². The van der Waals surface area contributed by atoms with Gasteiger partial charge in [-0.25, -0.2) is 0 Å². The number of phosphoric acid groups is 1. The molecule has 0 aromatic rings. The van der Waals surface area contributed by atoms with Crippen molar-refractivity contribution in [3.63, 3.8) is 0 Å². The molecule has 430 valence electrons. The standard InChI is InChI=1S/C63H121N2O7P/c1-7-10-13-16-19-22-25-27-28-29-30-31-32-33-34-35-36-38-41-44-47-50-53-56-63(67)72-61(54-51-48-45-42-40-37-26-23-20-17-14-11-8-2)60(59-71-73(68,69)70-58-57-65(4,5)6)64-62(66)55-52-49-46-43-39-24-21-18-15-12-9-3/h18,21,27-28,51,54,60-61H,7-17,19-20,22-26,29-50,52-53,55-59H2,1-6H3,(H-,64,66,68,69)/b21-18-,28-27+,54-51-. The lowest BCUT2D eigenvalue weighted by Gasteiger charge is -2.30. The molecule has 0 fully saturated rings. The van der Waals surface area contributed by atoms with Crippen molar-refractivity contribution in [2.75, 3.05) is 40.9 Å². The van der Waals surface area contributed by atoms with E-state index in [0.717, 1.165) is 83.5 Å². The Labute approximate surface area is 453 Å². The normalized spacial score (nSPS) is 13.9. The van der Waals surface area contributed by atoms with E-state index < -0.39 is 20.0 Å². The number of phosphoric ester groups is 1. The average molecular weight is 1050 g/mol. The molecule has 0 saturated heterocycles. The van der Waals surface area contributed by atoms with Crippen LogP contribution in [0.3, 0.4) is 0 Å². The van der Waals surface area contributed by atoms with Crippen LogP contribution in [0.25, 0.3) is 0 Å². The predicted octanol–water partition coefficient (Wildman–Crippen LogP) is 18.5. The van der Waals surface area contributed by atoms with Crippen LogP contribution in [0, 0.1) is 0 Å². The zero-order valence-corrected chi connectivity index (χ0v) is 50.0. The minimum Gasteiger partial charge on any atom is -0.756 e. The quantitative estimate of drug-likeness (QED) is 0.0212. The smallest absolute Gasteiger partial charge is 0.306 e. The molecule has 0 aromatic carbocycles. The van der Waals surface area contributed by atoms with E-state index in [1.54, 1.807) is 0 Å². The van der Waals surface area contributed by atoms with Gasteiger partial charge >= 0.3 is 5.97 Å². The van der Waals surface area contributed by atoms with Gasteiger partial charge in [0.1, 0.15) is 19.3 Å². The van der Waals surface area contributed by atoms with Gasteiger partial charge in [-0.15, -0.1) is 0 Å². The zero-order chi connectivity index (χ0) is 53.6. The van der Waals surface area contributed by atoms with Crippen LogP contribution in [0.5, 0.6) is 0 Å². The zero-order valence-electron chi connectivity index (χ0n) is 49.1. The molecule has 0 heterocycles. The number of unbranched alkanes of at least 4 members (excludes halogenated alkanes) is 37. The summed E-state index contributed by atoms with van der Waals surface area (Å²) < 4.78 is 30.3. The van der Waals surface area contributed by atoms with Crippen LogP contribution in [0.15, 0.2) is 36.5 Å². The maximum absolute atomic E-state index is 13.5. The molecule has 3 atom stereocenters. The first-order chi connectivity index (χ1) is 35.4. The summed E-state index contributed by atoms with van der Waals surface area (Å²) in [6.07, 6.45) is 64.0. The number of carbonyl (C=O) groups is 2. The third kappa shape index (κ3) is 54.8. The van der Waals surface area contributed by atoms with Gasteiger partial charge < -0.3 is 28.5 Å². The molecule has 0 rings (SSSR count). The SMILES string of the molecule is CCCC/C=C\CCCCCCCC(=O)NC(COP(=O)([O-])OCC[N+](C)(C)C)C(/C=C\CCCCCCCCCCCCC)OC(=O)CCCCCCCCCCCCCCC/C=C/CCCCCCCC. The molecule has 3 unspecified atom stereocenters. The Morgan fingerprint density at radius 2 is 0.808 bits per heavy atom. The van der Waals surface area contributed by atoms with Crippen LogP contribution in [0.1, 0.15) is 303 Å². The maximum atomic E-state index is 13.5. The fourth-order valence-corrected chi connectivity index (χ4v) is 9.87. The van der Waals surface area contributed by atoms with Gasteiger partial charge in [0.05, 0.1) is 33.8 Å². The molecule has 0 aliphatic heterocycles. The van der Waals surface area contributed by atoms with E-state index in [1.165, 1.54) is 186 Å². The van der Waals surface area contributed by atoms with Crippen LogP contribution in [0.2, 0.25) is 0 Å². The van der Waals surface area contributed by atoms with E-state index in [1.807, 2.05) is 33.3 Å². The number of allylic oxidation sites excluding steroid dienone is 5. The summed E-state index contributed by atoms with van der Waals surface area (Å²) in [6, 6.07) is -0.888. The van der Waals surface area contributed by atoms with E-state index in [4.69, 9.17) is 13.8 Å². The molecule has 0 radical (unpaired) electrons. The number of carbonyl (C=O) groups excluding carboxylic acids is 2. The van der Waals surface area contributed by atoms with Crippen molar-refractivity contribution >= 4 is 19.7 Å². The van der Waals surface area contributed by atoms with Crippen molar-refractivity contribution in [1.29, 1.82) is 0 Å². The Kier molecular flexibility index (Phi) is 52.3. The van der Waals surface area contributed by atoms with E-state index in [2.05, 4.69) is 50.4 Å². The summed E-state index contributed by atoms with van der Waals surface area (Å²) in [6.45, 7) is 6.82. The van der Waals surface area contributed by atoms with Crippen LogP contribution in [-0.2, 0) is 27.9 Å².